The molecular formula is C12H11NO3. The lowest BCUT2D eigenvalue weighted by Crippen LogP contribution is -2.27. The van der Waals surface area contributed by atoms with E-state index < -0.39 is 5.91 Å². The van der Waals surface area contributed by atoms with E-state index in [0.717, 1.165) is 11.0 Å². The molecule has 0 heterocycles. The van der Waals surface area contributed by atoms with Gasteiger partial charge in [0.15, 0.2) is 5.78 Å². The van der Waals surface area contributed by atoms with Crippen LogP contribution in [0.1, 0.15) is 17.3 Å². The van der Waals surface area contributed by atoms with Crippen molar-refractivity contribution in [2.75, 3.05) is 4.90 Å². The van der Waals surface area contributed by atoms with Gasteiger partial charge in [-0.1, -0.05) is 18.7 Å². The Morgan fingerprint density at radius 2 is 2.06 bits per heavy atom. The molecule has 0 unspecified atom stereocenters. The van der Waals surface area contributed by atoms with Crippen molar-refractivity contribution < 1.29 is 14.4 Å². The molecule has 4 nitrogen and oxygen atoms in total. The molecule has 4 heteroatoms. The van der Waals surface area contributed by atoms with Crippen molar-refractivity contribution in [3.63, 3.8) is 0 Å². The Morgan fingerprint density at radius 1 is 1.38 bits per heavy atom. The summed E-state index contributed by atoms with van der Waals surface area (Å²) in [6.45, 7) is 4.71. The van der Waals surface area contributed by atoms with Crippen molar-refractivity contribution in [1.29, 1.82) is 0 Å². The molecule has 0 aliphatic rings. The number of benzene rings is 1. The number of anilines is 1. The summed E-state index contributed by atoms with van der Waals surface area (Å²) >= 11 is 0. The highest BCUT2D eigenvalue weighted by Gasteiger charge is 2.12. The number of nitrogens with zero attached hydrogens (tertiary/aromatic N) is 1. The van der Waals surface area contributed by atoms with Crippen molar-refractivity contribution in [3.05, 3.63) is 42.5 Å². The van der Waals surface area contributed by atoms with Crippen LogP contribution in [0.4, 0.5) is 5.69 Å². The van der Waals surface area contributed by atoms with Crippen LogP contribution in [-0.4, -0.2) is 18.1 Å². The first-order valence-electron chi connectivity index (χ1n) is 4.62. The smallest absolute Gasteiger partial charge is 0.256 e. The molecule has 0 aliphatic heterocycles. The number of amides is 2. The van der Waals surface area contributed by atoms with Crippen LogP contribution in [0.5, 0.6) is 0 Å². The van der Waals surface area contributed by atoms with Gasteiger partial charge in [0.2, 0.25) is 6.41 Å². The van der Waals surface area contributed by atoms with Gasteiger partial charge in [-0.3, -0.25) is 14.4 Å². The van der Waals surface area contributed by atoms with Crippen molar-refractivity contribution in [3.8, 4) is 0 Å². The third kappa shape index (κ3) is 2.42. The quantitative estimate of drug-likeness (QED) is 0.437. The highest BCUT2D eigenvalue weighted by atomic mass is 16.2. The van der Waals surface area contributed by atoms with Crippen molar-refractivity contribution >= 4 is 23.8 Å². The number of hydrogen-bond donors (Lipinski definition) is 0. The zero-order valence-electron chi connectivity index (χ0n) is 8.84. The fourth-order valence-electron chi connectivity index (χ4n) is 1.21. The minimum absolute atomic E-state index is 0.126. The standard InChI is InChI=1S/C12H11NO3/c1-3-12(16)13(8-14)11-6-4-5-10(7-11)9(2)15/h3-8H,1H2,2H3. The first-order chi connectivity index (χ1) is 7.60. The summed E-state index contributed by atoms with van der Waals surface area (Å²) in [4.78, 5) is 34.1. The van der Waals surface area contributed by atoms with E-state index in [1.54, 1.807) is 18.2 Å². The van der Waals surface area contributed by atoms with Crippen LogP contribution in [0.3, 0.4) is 0 Å². The molecule has 0 bridgehead atoms. The number of carbonyl (C=O) groups excluding carboxylic acids is 3. The van der Waals surface area contributed by atoms with Crippen LogP contribution < -0.4 is 4.90 Å². The van der Waals surface area contributed by atoms with Crippen LogP contribution in [0, 0.1) is 0 Å². The second-order valence-corrected chi connectivity index (χ2v) is 3.12. The molecule has 1 aromatic carbocycles. The summed E-state index contributed by atoms with van der Waals surface area (Å²) in [7, 11) is 0. The van der Waals surface area contributed by atoms with Crippen molar-refractivity contribution in [1.82, 2.24) is 0 Å². The van der Waals surface area contributed by atoms with E-state index in [1.165, 1.54) is 13.0 Å². The minimum Gasteiger partial charge on any atom is -0.295 e. The number of Topliss-reactive ketones (excluding diaryl/α,β-unsaturated/α-hetero) is 1. The van der Waals surface area contributed by atoms with E-state index in [9.17, 15) is 14.4 Å². The highest BCUT2D eigenvalue weighted by molar-refractivity contribution is 6.12. The van der Waals surface area contributed by atoms with Gasteiger partial charge in [-0.2, -0.15) is 0 Å². The molecule has 16 heavy (non-hydrogen) atoms. The van der Waals surface area contributed by atoms with E-state index in [2.05, 4.69) is 6.58 Å². The zero-order chi connectivity index (χ0) is 12.1. The molecule has 0 aromatic heterocycles. The Labute approximate surface area is 93.2 Å². The lowest BCUT2D eigenvalue weighted by Gasteiger charge is -2.13. The summed E-state index contributed by atoms with van der Waals surface area (Å²) in [6.07, 6.45) is 1.43. The van der Waals surface area contributed by atoms with Gasteiger partial charge < -0.3 is 0 Å². The van der Waals surface area contributed by atoms with Gasteiger partial charge in [0.05, 0.1) is 5.69 Å². The molecule has 0 N–H and O–H groups in total. The predicted molar refractivity (Wildman–Crippen MR) is 60.2 cm³/mol. The van der Waals surface area contributed by atoms with Crippen LogP contribution in [0.15, 0.2) is 36.9 Å². The molecule has 1 rings (SSSR count). The van der Waals surface area contributed by atoms with Crippen LogP contribution in [0.2, 0.25) is 0 Å². The van der Waals surface area contributed by atoms with Crippen LogP contribution >= 0.6 is 0 Å². The van der Waals surface area contributed by atoms with Gasteiger partial charge >= 0.3 is 0 Å². The molecule has 1 aromatic rings. The molecule has 2 amide bonds. The minimum atomic E-state index is -0.532. The lowest BCUT2D eigenvalue weighted by molar-refractivity contribution is -0.118. The number of carbonyl (C=O) groups is 3. The molecule has 0 aliphatic carbocycles. The number of ketones is 1. The average molecular weight is 217 g/mol. The third-order valence-electron chi connectivity index (χ3n) is 2.05. The maximum absolute atomic E-state index is 11.3. The van der Waals surface area contributed by atoms with E-state index in [0.29, 0.717) is 17.7 Å². The third-order valence-corrected chi connectivity index (χ3v) is 2.05. The molecular weight excluding hydrogens is 206 g/mol. The molecule has 82 valence electrons. The average Bonchev–Trinajstić information content (AvgIpc) is 2.30. The molecule has 0 radical (unpaired) electrons. The Morgan fingerprint density at radius 3 is 2.56 bits per heavy atom. The monoisotopic (exact) mass is 217 g/mol. The van der Waals surface area contributed by atoms with Gasteiger partial charge in [0, 0.05) is 5.56 Å². The summed E-state index contributed by atoms with van der Waals surface area (Å²) in [6, 6.07) is 6.28. The Kier molecular flexibility index (Phi) is 3.72. The van der Waals surface area contributed by atoms with Gasteiger partial charge in [-0.05, 0) is 25.1 Å². The Balaban J connectivity index is 3.15. The zero-order valence-corrected chi connectivity index (χ0v) is 8.84. The second kappa shape index (κ2) is 5.02. The fraction of sp³-hybridized carbons (Fsp3) is 0.0833. The highest BCUT2D eigenvalue weighted by Crippen LogP contribution is 2.15. The molecule has 0 fully saturated rings. The van der Waals surface area contributed by atoms with Crippen molar-refractivity contribution in [2.24, 2.45) is 0 Å². The van der Waals surface area contributed by atoms with Gasteiger partial charge in [-0.15, -0.1) is 0 Å². The number of imide groups is 1. The summed E-state index contributed by atoms with van der Waals surface area (Å²) in [5.41, 5.74) is 0.800. The second-order valence-electron chi connectivity index (χ2n) is 3.12. The lowest BCUT2D eigenvalue weighted by atomic mass is 10.1. The van der Waals surface area contributed by atoms with Crippen LogP contribution in [0.25, 0.3) is 0 Å². The molecule has 0 saturated heterocycles. The van der Waals surface area contributed by atoms with E-state index >= 15 is 0 Å². The van der Waals surface area contributed by atoms with Crippen molar-refractivity contribution in [2.45, 2.75) is 6.92 Å². The van der Waals surface area contributed by atoms with Crippen LogP contribution in [-0.2, 0) is 9.59 Å². The summed E-state index contributed by atoms with van der Waals surface area (Å²) in [5, 5.41) is 0. The predicted octanol–water partition coefficient (Wildman–Crippen LogP) is 1.56. The maximum atomic E-state index is 11.3. The Bertz CT molecular complexity index is 451. The summed E-state index contributed by atoms with van der Waals surface area (Å²) in [5.74, 6) is -0.658. The van der Waals surface area contributed by atoms with Gasteiger partial charge in [0.25, 0.3) is 5.91 Å². The first-order valence-corrected chi connectivity index (χ1v) is 4.62. The summed E-state index contributed by atoms with van der Waals surface area (Å²) < 4.78 is 0. The van der Waals surface area contributed by atoms with E-state index in [-0.39, 0.29) is 5.78 Å². The maximum Gasteiger partial charge on any atom is 0.256 e. The van der Waals surface area contributed by atoms with E-state index in [1.807, 2.05) is 0 Å². The number of rotatable bonds is 4. The Hall–Kier alpha value is -2.23. The largest absolute Gasteiger partial charge is 0.295 e. The number of hydrogen-bond acceptors (Lipinski definition) is 3. The van der Waals surface area contributed by atoms with Gasteiger partial charge in [0.1, 0.15) is 0 Å². The molecule has 0 saturated carbocycles. The van der Waals surface area contributed by atoms with Gasteiger partial charge in [-0.25, -0.2) is 4.90 Å². The normalized spacial score (nSPS) is 9.31. The molecule has 0 spiro atoms. The molecule has 0 atom stereocenters. The first kappa shape index (κ1) is 11.8. The van der Waals surface area contributed by atoms with E-state index in [4.69, 9.17) is 0 Å². The SMILES string of the molecule is C=CC(=O)N(C=O)c1cccc(C(C)=O)c1. The topological polar surface area (TPSA) is 54.5 Å². The fourth-order valence-corrected chi connectivity index (χ4v) is 1.21.